The molecule has 2 rings (SSSR count). The largest absolute Gasteiger partial charge is 0.355 e. The molecule has 1 fully saturated rings. The van der Waals surface area contributed by atoms with Crippen molar-refractivity contribution in [2.45, 2.75) is 25.2 Å². The van der Waals surface area contributed by atoms with Crippen molar-refractivity contribution in [3.8, 4) is 0 Å². The topological polar surface area (TPSA) is 29.1 Å². The maximum absolute atomic E-state index is 11.8. The van der Waals surface area contributed by atoms with E-state index >= 15 is 0 Å². The zero-order chi connectivity index (χ0) is 10.0. The zero-order valence-corrected chi connectivity index (χ0v) is 8.42. The first kappa shape index (κ1) is 9.25. The summed E-state index contributed by atoms with van der Waals surface area (Å²) in [5, 5.41) is 2.92. The molecule has 1 aliphatic heterocycles. The lowest BCUT2D eigenvalue weighted by Gasteiger charge is -2.24. The van der Waals surface area contributed by atoms with Gasteiger partial charge in [0.1, 0.15) is 0 Å². The number of hydrogen-bond donors (Lipinski definition) is 1. The predicted octanol–water partition coefficient (Wildman–Crippen LogP) is 1.85. The normalized spacial score (nSPS) is 26.2. The molecule has 0 spiro atoms. The molecule has 1 amide bonds. The Balaban J connectivity index is 2.43. The number of carbonyl (C=O) groups excluding carboxylic acids is 1. The maximum atomic E-state index is 11.8. The Kier molecular flexibility index (Phi) is 2.28. The summed E-state index contributed by atoms with van der Waals surface area (Å²) in [7, 11) is 0. The molecule has 1 aromatic carbocycles. The number of nitrogens with one attached hydrogen (secondary N) is 1. The molecule has 74 valence electrons. The van der Waals surface area contributed by atoms with E-state index in [1.165, 1.54) is 0 Å². The predicted molar refractivity (Wildman–Crippen MR) is 56.0 cm³/mol. The standard InChI is InChI=1S/C12H15NO/c1-2-12(8-9-13-11(12)14)10-6-4-3-5-7-10/h3-7H,2,8-9H2,1H3,(H,13,14). The summed E-state index contributed by atoms with van der Waals surface area (Å²) in [5.74, 6) is 0.186. The second-order valence-electron chi connectivity index (χ2n) is 3.81. The molecule has 1 heterocycles. The first-order valence-corrected chi connectivity index (χ1v) is 5.13. The van der Waals surface area contributed by atoms with Gasteiger partial charge in [0.05, 0.1) is 5.41 Å². The third-order valence-corrected chi connectivity index (χ3v) is 3.20. The lowest BCUT2D eigenvalue weighted by Crippen LogP contribution is -2.34. The Morgan fingerprint density at radius 3 is 2.57 bits per heavy atom. The summed E-state index contributed by atoms with van der Waals surface area (Å²) >= 11 is 0. The van der Waals surface area contributed by atoms with Gasteiger partial charge in [0.15, 0.2) is 0 Å². The van der Waals surface area contributed by atoms with Gasteiger partial charge in [-0.15, -0.1) is 0 Å². The van der Waals surface area contributed by atoms with Crippen LogP contribution in [-0.4, -0.2) is 12.5 Å². The Hall–Kier alpha value is -1.31. The van der Waals surface area contributed by atoms with Crippen molar-refractivity contribution in [2.24, 2.45) is 0 Å². The molecular weight excluding hydrogens is 174 g/mol. The molecule has 0 radical (unpaired) electrons. The minimum atomic E-state index is -0.263. The van der Waals surface area contributed by atoms with Crippen molar-refractivity contribution >= 4 is 5.91 Å². The van der Waals surface area contributed by atoms with Gasteiger partial charge in [0.25, 0.3) is 0 Å². The Bertz CT molecular complexity index is 333. The van der Waals surface area contributed by atoms with Crippen LogP contribution >= 0.6 is 0 Å². The lowest BCUT2D eigenvalue weighted by molar-refractivity contribution is -0.124. The summed E-state index contributed by atoms with van der Waals surface area (Å²) in [6, 6.07) is 10.1. The highest BCUT2D eigenvalue weighted by Crippen LogP contribution is 2.34. The van der Waals surface area contributed by atoms with Gasteiger partial charge in [-0.2, -0.15) is 0 Å². The Labute approximate surface area is 84.3 Å². The first-order chi connectivity index (χ1) is 6.79. The van der Waals surface area contributed by atoms with Gasteiger partial charge in [-0.05, 0) is 18.4 Å². The molecule has 0 aliphatic carbocycles. The van der Waals surface area contributed by atoms with Gasteiger partial charge in [-0.25, -0.2) is 0 Å². The van der Waals surface area contributed by atoms with Crippen molar-refractivity contribution in [1.29, 1.82) is 0 Å². The minimum Gasteiger partial charge on any atom is -0.355 e. The summed E-state index contributed by atoms with van der Waals surface area (Å²) in [6.45, 7) is 2.89. The molecule has 2 heteroatoms. The fraction of sp³-hybridized carbons (Fsp3) is 0.417. The third-order valence-electron chi connectivity index (χ3n) is 3.20. The quantitative estimate of drug-likeness (QED) is 0.756. The van der Waals surface area contributed by atoms with Gasteiger partial charge in [0, 0.05) is 6.54 Å². The molecular formula is C12H15NO. The van der Waals surface area contributed by atoms with Crippen molar-refractivity contribution in [3.63, 3.8) is 0 Å². The van der Waals surface area contributed by atoms with Crippen molar-refractivity contribution in [1.82, 2.24) is 5.32 Å². The van der Waals surface area contributed by atoms with Crippen LogP contribution in [-0.2, 0) is 10.2 Å². The summed E-state index contributed by atoms with van der Waals surface area (Å²) < 4.78 is 0. The van der Waals surface area contributed by atoms with E-state index in [-0.39, 0.29) is 11.3 Å². The monoisotopic (exact) mass is 189 g/mol. The van der Waals surface area contributed by atoms with E-state index in [0.29, 0.717) is 0 Å². The van der Waals surface area contributed by atoms with Gasteiger partial charge >= 0.3 is 0 Å². The van der Waals surface area contributed by atoms with Crippen LogP contribution in [0.4, 0.5) is 0 Å². The van der Waals surface area contributed by atoms with E-state index in [1.54, 1.807) is 0 Å². The molecule has 14 heavy (non-hydrogen) atoms. The summed E-state index contributed by atoms with van der Waals surface area (Å²) in [5.41, 5.74) is 0.888. The van der Waals surface area contributed by atoms with Crippen molar-refractivity contribution in [3.05, 3.63) is 35.9 Å². The van der Waals surface area contributed by atoms with Crippen molar-refractivity contribution in [2.75, 3.05) is 6.54 Å². The minimum absolute atomic E-state index is 0.186. The lowest BCUT2D eigenvalue weighted by atomic mass is 9.77. The van der Waals surface area contributed by atoms with Crippen LogP contribution in [0.3, 0.4) is 0 Å². The highest BCUT2D eigenvalue weighted by Gasteiger charge is 2.41. The second-order valence-corrected chi connectivity index (χ2v) is 3.81. The zero-order valence-electron chi connectivity index (χ0n) is 8.42. The number of benzene rings is 1. The summed E-state index contributed by atoms with van der Waals surface area (Å²) in [4.78, 5) is 11.8. The fourth-order valence-electron chi connectivity index (χ4n) is 2.25. The first-order valence-electron chi connectivity index (χ1n) is 5.13. The van der Waals surface area contributed by atoms with Crippen LogP contribution in [0, 0.1) is 0 Å². The molecule has 1 atom stereocenters. The maximum Gasteiger partial charge on any atom is 0.230 e. The van der Waals surface area contributed by atoms with E-state index in [0.717, 1.165) is 24.9 Å². The van der Waals surface area contributed by atoms with Gasteiger partial charge in [-0.3, -0.25) is 4.79 Å². The molecule has 1 unspecified atom stereocenters. The molecule has 0 aromatic heterocycles. The molecule has 0 saturated carbocycles. The number of hydrogen-bond acceptors (Lipinski definition) is 1. The fourth-order valence-corrected chi connectivity index (χ4v) is 2.25. The Morgan fingerprint density at radius 2 is 2.07 bits per heavy atom. The second kappa shape index (κ2) is 3.45. The highest BCUT2D eigenvalue weighted by molar-refractivity contribution is 5.90. The smallest absolute Gasteiger partial charge is 0.230 e. The van der Waals surface area contributed by atoms with Gasteiger partial charge < -0.3 is 5.32 Å². The van der Waals surface area contributed by atoms with Gasteiger partial charge in [-0.1, -0.05) is 37.3 Å². The summed E-state index contributed by atoms with van der Waals surface area (Å²) in [6.07, 6.45) is 1.80. The molecule has 1 saturated heterocycles. The third kappa shape index (κ3) is 1.22. The average Bonchev–Trinajstić information content (AvgIpc) is 2.62. The van der Waals surface area contributed by atoms with E-state index in [4.69, 9.17) is 0 Å². The number of carbonyl (C=O) groups is 1. The van der Waals surface area contributed by atoms with Crippen LogP contribution in [0.1, 0.15) is 25.3 Å². The van der Waals surface area contributed by atoms with Crippen LogP contribution in [0.5, 0.6) is 0 Å². The van der Waals surface area contributed by atoms with E-state index < -0.39 is 0 Å². The van der Waals surface area contributed by atoms with Crippen LogP contribution < -0.4 is 5.32 Å². The van der Waals surface area contributed by atoms with Crippen LogP contribution in [0.15, 0.2) is 30.3 Å². The number of rotatable bonds is 2. The van der Waals surface area contributed by atoms with Crippen LogP contribution in [0.25, 0.3) is 0 Å². The molecule has 1 aromatic rings. The molecule has 0 bridgehead atoms. The van der Waals surface area contributed by atoms with Crippen LogP contribution in [0.2, 0.25) is 0 Å². The molecule has 2 nitrogen and oxygen atoms in total. The molecule has 1 N–H and O–H groups in total. The average molecular weight is 189 g/mol. The van der Waals surface area contributed by atoms with E-state index in [9.17, 15) is 4.79 Å². The number of amides is 1. The van der Waals surface area contributed by atoms with E-state index in [1.807, 2.05) is 18.2 Å². The Morgan fingerprint density at radius 1 is 1.36 bits per heavy atom. The van der Waals surface area contributed by atoms with Crippen molar-refractivity contribution < 1.29 is 4.79 Å². The van der Waals surface area contributed by atoms with E-state index in [2.05, 4.69) is 24.4 Å². The van der Waals surface area contributed by atoms with Gasteiger partial charge in [0.2, 0.25) is 5.91 Å². The highest BCUT2D eigenvalue weighted by atomic mass is 16.2. The SMILES string of the molecule is CCC1(c2ccccc2)CCNC1=O. The molecule has 1 aliphatic rings.